The highest BCUT2D eigenvalue weighted by molar-refractivity contribution is 5.17. The van der Waals surface area contributed by atoms with E-state index in [4.69, 9.17) is 37.9 Å². The molecule has 12 heteroatoms. The zero-order chi connectivity index (χ0) is 38.9. The van der Waals surface area contributed by atoms with Gasteiger partial charge in [0.05, 0.1) is 45.2 Å². The Morgan fingerprint density at radius 3 is 1.55 bits per heavy atom. The zero-order valence-electron chi connectivity index (χ0n) is 32.0. The average Bonchev–Trinajstić information content (AvgIpc) is 3.55. The van der Waals surface area contributed by atoms with Crippen molar-refractivity contribution in [1.82, 2.24) is 0 Å². The predicted octanol–water partition coefficient (Wildman–Crippen LogP) is 7.28. The largest absolute Gasteiger partial charge is 0.390 e. The SMILES string of the molecule is C[C@@H]1C(N=[N+]=[N-])[C@H](OC2C(OCc3ccccc3)C(OCc3ccccc3)C(OCc3ccccc3)[C@@H]3OC(C)(C)O[C@@H]23)OC(COCc2ccccc2)[C@H]1O. The molecule has 3 aliphatic rings. The molecular weight excluding hydrogens is 714 g/mol. The van der Waals surface area contributed by atoms with Gasteiger partial charge in [-0.1, -0.05) is 133 Å². The zero-order valence-corrected chi connectivity index (χ0v) is 32.0. The van der Waals surface area contributed by atoms with Crippen molar-refractivity contribution in [2.24, 2.45) is 11.0 Å². The first-order valence-electron chi connectivity index (χ1n) is 19.3. The predicted molar refractivity (Wildman–Crippen MR) is 207 cm³/mol. The molecule has 4 aromatic carbocycles. The van der Waals surface area contributed by atoms with Gasteiger partial charge in [0.2, 0.25) is 0 Å². The third-order valence-corrected chi connectivity index (χ3v) is 10.6. The minimum Gasteiger partial charge on any atom is -0.390 e. The molecule has 7 rings (SSSR count). The maximum absolute atomic E-state index is 11.4. The second kappa shape index (κ2) is 18.8. The Morgan fingerprint density at radius 2 is 1.07 bits per heavy atom. The van der Waals surface area contributed by atoms with Crippen molar-refractivity contribution in [3.63, 3.8) is 0 Å². The van der Waals surface area contributed by atoms with Crippen LogP contribution in [0.4, 0.5) is 0 Å². The quantitative estimate of drug-likeness (QED) is 0.0708. The van der Waals surface area contributed by atoms with E-state index < -0.39 is 72.9 Å². The van der Waals surface area contributed by atoms with Gasteiger partial charge in [-0.05, 0) is 47.6 Å². The van der Waals surface area contributed by atoms with Gasteiger partial charge in [-0.25, -0.2) is 0 Å². The minimum atomic E-state index is -1.10. The number of nitrogens with zero attached hydrogens (tertiary/aromatic N) is 3. The van der Waals surface area contributed by atoms with E-state index in [1.807, 2.05) is 142 Å². The molecule has 6 unspecified atom stereocenters. The van der Waals surface area contributed by atoms with E-state index in [1.54, 1.807) is 0 Å². The molecule has 56 heavy (non-hydrogen) atoms. The molecule has 4 aromatic rings. The fraction of sp³-hybridized carbons (Fsp3) is 0.455. The van der Waals surface area contributed by atoms with Crippen LogP contribution in [0.1, 0.15) is 43.0 Å². The van der Waals surface area contributed by atoms with Crippen LogP contribution in [0, 0.1) is 5.92 Å². The fourth-order valence-electron chi connectivity index (χ4n) is 7.71. The smallest absolute Gasteiger partial charge is 0.167 e. The van der Waals surface area contributed by atoms with Crippen molar-refractivity contribution in [1.29, 1.82) is 0 Å². The first kappa shape index (κ1) is 40.0. The summed E-state index contributed by atoms with van der Waals surface area (Å²) in [7, 11) is 0. The van der Waals surface area contributed by atoms with Gasteiger partial charge >= 0.3 is 0 Å². The Balaban J connectivity index is 1.23. The number of hydrogen-bond acceptors (Lipinski definition) is 10. The minimum absolute atomic E-state index is 0.0821. The maximum atomic E-state index is 11.4. The van der Waals surface area contributed by atoms with Gasteiger partial charge in [0, 0.05) is 4.91 Å². The van der Waals surface area contributed by atoms with Gasteiger partial charge in [0.15, 0.2) is 12.1 Å². The highest BCUT2D eigenvalue weighted by Gasteiger charge is 2.61. The third-order valence-electron chi connectivity index (χ3n) is 10.6. The van der Waals surface area contributed by atoms with Crippen molar-refractivity contribution >= 4 is 0 Å². The molecule has 296 valence electrons. The lowest BCUT2D eigenvalue weighted by Crippen LogP contribution is -2.67. The molecule has 11 atom stereocenters. The molecule has 3 fully saturated rings. The van der Waals surface area contributed by atoms with Crippen molar-refractivity contribution in [2.45, 2.75) is 114 Å². The van der Waals surface area contributed by atoms with Gasteiger partial charge in [-0.2, -0.15) is 0 Å². The molecule has 2 saturated heterocycles. The van der Waals surface area contributed by atoms with Crippen LogP contribution in [0.5, 0.6) is 0 Å². The number of hydrogen-bond donors (Lipinski definition) is 1. The first-order valence-corrected chi connectivity index (χ1v) is 19.3. The van der Waals surface area contributed by atoms with Crippen LogP contribution in [-0.4, -0.2) is 78.7 Å². The number of rotatable bonds is 16. The summed E-state index contributed by atoms with van der Waals surface area (Å²) in [5.41, 5.74) is 13.6. The lowest BCUT2D eigenvalue weighted by atomic mass is 9.83. The van der Waals surface area contributed by atoms with E-state index in [2.05, 4.69) is 10.0 Å². The number of ether oxygens (including phenoxy) is 8. The number of aliphatic hydroxyl groups is 1. The number of aliphatic hydroxyl groups excluding tert-OH is 1. The molecule has 1 aliphatic carbocycles. The fourth-order valence-corrected chi connectivity index (χ4v) is 7.71. The maximum Gasteiger partial charge on any atom is 0.167 e. The van der Waals surface area contributed by atoms with Gasteiger partial charge in [-0.3, -0.25) is 0 Å². The van der Waals surface area contributed by atoms with Crippen LogP contribution < -0.4 is 0 Å². The van der Waals surface area contributed by atoms with E-state index in [1.165, 1.54) is 0 Å². The second-order valence-corrected chi connectivity index (χ2v) is 15.0. The van der Waals surface area contributed by atoms with Gasteiger partial charge in [-0.15, -0.1) is 0 Å². The van der Waals surface area contributed by atoms with E-state index in [0.717, 1.165) is 22.3 Å². The molecule has 1 saturated carbocycles. The standard InChI is InChI=1S/C44H51N3O9/c1-29-35(46-47-45)43(53-34(36(29)48)28-49-24-30-16-8-4-9-17-30)54-40-38(51-26-32-20-12-6-13-21-32)37(50-25-31-18-10-5-11-19-31)39(41-42(40)56-44(2,3)55-41)52-27-33-22-14-7-15-23-33/h4-23,29,34-43,48H,24-28H2,1-3H3/t29-,34?,35?,36+,37?,38?,39?,40?,41+,42+,43+/m1/s1. The summed E-state index contributed by atoms with van der Waals surface area (Å²) in [5, 5.41) is 15.5. The Bertz CT molecular complexity index is 1830. The van der Waals surface area contributed by atoms with Crippen LogP contribution in [-0.2, 0) is 64.3 Å². The summed E-state index contributed by atoms with van der Waals surface area (Å²) in [6.45, 7) is 6.74. The van der Waals surface area contributed by atoms with Crippen molar-refractivity contribution < 1.29 is 43.0 Å². The summed E-state index contributed by atoms with van der Waals surface area (Å²) >= 11 is 0. The highest BCUT2D eigenvalue weighted by atomic mass is 16.8. The lowest BCUT2D eigenvalue weighted by molar-refractivity contribution is -0.315. The Kier molecular flexibility index (Phi) is 13.5. The Morgan fingerprint density at radius 1 is 0.643 bits per heavy atom. The molecular formula is C44H51N3O9. The van der Waals surface area contributed by atoms with Crippen LogP contribution in [0.15, 0.2) is 126 Å². The molecule has 0 radical (unpaired) electrons. The van der Waals surface area contributed by atoms with Gasteiger partial charge < -0.3 is 43.0 Å². The number of fused-ring (bicyclic) bond motifs is 1. The van der Waals surface area contributed by atoms with E-state index >= 15 is 0 Å². The van der Waals surface area contributed by atoms with Crippen LogP contribution in [0.3, 0.4) is 0 Å². The number of azide groups is 1. The molecule has 2 heterocycles. The lowest BCUT2D eigenvalue weighted by Gasteiger charge is -2.49. The van der Waals surface area contributed by atoms with E-state index in [0.29, 0.717) is 13.2 Å². The molecule has 1 N–H and O–H groups in total. The van der Waals surface area contributed by atoms with Crippen LogP contribution in [0.2, 0.25) is 0 Å². The third kappa shape index (κ3) is 9.85. The summed E-state index contributed by atoms with van der Waals surface area (Å²) < 4.78 is 53.3. The second-order valence-electron chi connectivity index (χ2n) is 15.0. The van der Waals surface area contributed by atoms with Crippen molar-refractivity contribution in [3.05, 3.63) is 154 Å². The molecule has 0 amide bonds. The molecule has 12 nitrogen and oxygen atoms in total. The first-order chi connectivity index (χ1) is 27.3. The topological polar surface area (TPSA) is 143 Å². The van der Waals surface area contributed by atoms with Crippen molar-refractivity contribution in [3.8, 4) is 0 Å². The van der Waals surface area contributed by atoms with E-state index in [9.17, 15) is 10.6 Å². The van der Waals surface area contributed by atoms with Crippen LogP contribution >= 0.6 is 0 Å². The summed E-state index contributed by atoms with van der Waals surface area (Å²) in [6.07, 6.45) is -7.26. The summed E-state index contributed by atoms with van der Waals surface area (Å²) in [4.78, 5) is 3.13. The monoisotopic (exact) mass is 765 g/mol. The van der Waals surface area contributed by atoms with Crippen LogP contribution in [0.25, 0.3) is 10.4 Å². The molecule has 0 bridgehead atoms. The van der Waals surface area contributed by atoms with Gasteiger partial charge in [0.25, 0.3) is 0 Å². The normalized spacial score (nSPS) is 31.0. The summed E-state index contributed by atoms with van der Waals surface area (Å²) in [6, 6.07) is 38.6. The molecule has 0 spiro atoms. The molecule has 0 aromatic heterocycles. The van der Waals surface area contributed by atoms with Crippen molar-refractivity contribution in [2.75, 3.05) is 6.61 Å². The highest BCUT2D eigenvalue weighted by Crippen LogP contribution is 2.44. The molecule has 2 aliphatic heterocycles. The summed E-state index contributed by atoms with van der Waals surface area (Å²) in [5.74, 6) is -1.55. The van der Waals surface area contributed by atoms with E-state index in [-0.39, 0.29) is 19.8 Å². The number of benzene rings is 4. The average molecular weight is 766 g/mol. The Labute approximate surface area is 328 Å². The Hall–Kier alpha value is -4.17. The van der Waals surface area contributed by atoms with Gasteiger partial charge in [0.1, 0.15) is 42.7 Å².